The molecule has 150 valence electrons. The number of carbonyl (C=O) groups excluding carboxylic acids is 4. The standard InChI is InChI=1S/C19H22N2O7/c1-3-26-16(22)11-21-18(24)15(20-19(21)25)10-7-13-5-8-14(9-6-13)28-12-17(23)27-4-2/h5-6,8-10H,3-4,7,11-12H2,1-2H3,(H,20,25)/b15-10-. The molecule has 1 saturated heterocycles. The zero-order valence-electron chi connectivity index (χ0n) is 15.7. The Labute approximate surface area is 162 Å². The number of nitrogens with zero attached hydrogens (tertiary/aromatic N) is 1. The summed E-state index contributed by atoms with van der Waals surface area (Å²) in [7, 11) is 0. The summed E-state index contributed by atoms with van der Waals surface area (Å²) in [6.45, 7) is 3.22. The lowest BCUT2D eigenvalue weighted by Crippen LogP contribution is -2.36. The second-order valence-corrected chi connectivity index (χ2v) is 5.69. The van der Waals surface area contributed by atoms with Crippen LogP contribution in [0, 0.1) is 0 Å². The Morgan fingerprint density at radius 2 is 1.68 bits per heavy atom. The lowest BCUT2D eigenvalue weighted by atomic mass is 10.1. The second-order valence-electron chi connectivity index (χ2n) is 5.69. The van der Waals surface area contributed by atoms with E-state index < -0.39 is 30.4 Å². The third-order valence-corrected chi connectivity index (χ3v) is 3.68. The molecule has 1 aromatic rings. The molecule has 0 radical (unpaired) electrons. The number of amides is 3. The SMILES string of the molecule is CCOC(=O)COc1ccc(C/C=C2\NC(=O)N(CC(=O)OCC)C2=O)cc1. The molecule has 0 saturated carbocycles. The third kappa shape index (κ3) is 5.83. The largest absolute Gasteiger partial charge is 0.482 e. The van der Waals surface area contributed by atoms with Crippen LogP contribution in [-0.2, 0) is 30.3 Å². The summed E-state index contributed by atoms with van der Waals surface area (Å²) >= 11 is 0. The third-order valence-electron chi connectivity index (χ3n) is 3.68. The number of carbonyl (C=O) groups is 4. The van der Waals surface area contributed by atoms with E-state index in [2.05, 4.69) is 5.32 Å². The van der Waals surface area contributed by atoms with Gasteiger partial charge in [-0.3, -0.25) is 9.59 Å². The minimum Gasteiger partial charge on any atom is -0.482 e. The molecule has 1 heterocycles. The Hall–Kier alpha value is -3.36. The van der Waals surface area contributed by atoms with Gasteiger partial charge in [-0.05, 0) is 38.0 Å². The first-order valence-electron chi connectivity index (χ1n) is 8.80. The molecule has 3 amide bonds. The van der Waals surface area contributed by atoms with Crippen LogP contribution in [0.1, 0.15) is 19.4 Å². The van der Waals surface area contributed by atoms with E-state index in [0.717, 1.165) is 10.5 Å². The fraction of sp³-hybridized carbons (Fsp3) is 0.368. The summed E-state index contributed by atoms with van der Waals surface area (Å²) in [4.78, 5) is 47.6. The van der Waals surface area contributed by atoms with Crippen molar-refractivity contribution in [3.63, 3.8) is 0 Å². The molecule has 0 atom stereocenters. The molecular formula is C19H22N2O7. The number of hydrogen-bond acceptors (Lipinski definition) is 7. The second kappa shape index (κ2) is 10.1. The highest BCUT2D eigenvalue weighted by molar-refractivity contribution is 6.13. The van der Waals surface area contributed by atoms with Crippen LogP contribution in [0.5, 0.6) is 5.75 Å². The van der Waals surface area contributed by atoms with E-state index in [0.29, 0.717) is 18.8 Å². The van der Waals surface area contributed by atoms with Crippen molar-refractivity contribution in [2.75, 3.05) is 26.4 Å². The van der Waals surface area contributed by atoms with Gasteiger partial charge < -0.3 is 19.5 Å². The predicted octanol–water partition coefficient (Wildman–Crippen LogP) is 1.17. The summed E-state index contributed by atoms with van der Waals surface area (Å²) in [5.41, 5.74) is 0.971. The van der Waals surface area contributed by atoms with Crippen molar-refractivity contribution in [3.05, 3.63) is 41.6 Å². The number of ether oxygens (including phenoxy) is 3. The smallest absolute Gasteiger partial charge is 0.344 e. The van der Waals surface area contributed by atoms with Gasteiger partial charge in [0.1, 0.15) is 18.0 Å². The molecule has 1 aromatic carbocycles. The normalized spacial score (nSPS) is 14.8. The minimum atomic E-state index is -0.660. The van der Waals surface area contributed by atoms with Crippen LogP contribution < -0.4 is 10.1 Å². The van der Waals surface area contributed by atoms with E-state index in [1.165, 1.54) is 0 Å². The molecule has 1 N–H and O–H groups in total. The lowest BCUT2D eigenvalue weighted by Gasteiger charge is -2.10. The van der Waals surface area contributed by atoms with Crippen molar-refractivity contribution in [3.8, 4) is 5.75 Å². The van der Waals surface area contributed by atoms with Crippen LogP contribution in [0.2, 0.25) is 0 Å². The molecule has 0 unspecified atom stereocenters. The first-order valence-corrected chi connectivity index (χ1v) is 8.80. The quantitative estimate of drug-likeness (QED) is 0.383. The van der Waals surface area contributed by atoms with Gasteiger partial charge in [-0.2, -0.15) is 0 Å². The highest BCUT2D eigenvalue weighted by atomic mass is 16.6. The zero-order valence-corrected chi connectivity index (χ0v) is 15.7. The summed E-state index contributed by atoms with van der Waals surface area (Å²) in [6, 6.07) is 6.27. The molecule has 9 heteroatoms. The fourth-order valence-electron chi connectivity index (χ4n) is 2.38. The van der Waals surface area contributed by atoms with Crippen LogP contribution in [0.3, 0.4) is 0 Å². The summed E-state index contributed by atoms with van der Waals surface area (Å²) in [5, 5.41) is 2.44. The van der Waals surface area contributed by atoms with Gasteiger partial charge in [0.05, 0.1) is 13.2 Å². The van der Waals surface area contributed by atoms with Crippen molar-refractivity contribution in [2.45, 2.75) is 20.3 Å². The number of rotatable bonds is 9. The number of esters is 2. The summed E-state index contributed by atoms with van der Waals surface area (Å²) in [5.74, 6) is -1.16. The molecule has 1 fully saturated rings. The molecule has 0 bridgehead atoms. The Kier molecular flexibility index (Phi) is 7.55. The van der Waals surface area contributed by atoms with E-state index in [1.807, 2.05) is 0 Å². The molecule has 9 nitrogen and oxygen atoms in total. The van der Waals surface area contributed by atoms with Crippen molar-refractivity contribution in [2.24, 2.45) is 0 Å². The highest BCUT2D eigenvalue weighted by Crippen LogP contribution is 2.15. The van der Waals surface area contributed by atoms with Crippen molar-refractivity contribution in [1.29, 1.82) is 0 Å². The van der Waals surface area contributed by atoms with Crippen LogP contribution in [0.15, 0.2) is 36.0 Å². The van der Waals surface area contributed by atoms with Crippen LogP contribution in [0.4, 0.5) is 4.79 Å². The predicted molar refractivity (Wildman–Crippen MR) is 97.2 cm³/mol. The Morgan fingerprint density at radius 1 is 1.04 bits per heavy atom. The van der Waals surface area contributed by atoms with E-state index in [1.54, 1.807) is 44.2 Å². The number of benzene rings is 1. The molecule has 0 spiro atoms. The monoisotopic (exact) mass is 390 g/mol. The van der Waals surface area contributed by atoms with Crippen molar-refractivity contribution >= 4 is 23.9 Å². The van der Waals surface area contributed by atoms with Crippen LogP contribution in [-0.4, -0.2) is 55.1 Å². The van der Waals surface area contributed by atoms with Crippen LogP contribution in [0.25, 0.3) is 0 Å². The molecule has 1 aliphatic heterocycles. The number of imide groups is 1. The Morgan fingerprint density at radius 3 is 2.32 bits per heavy atom. The van der Waals surface area contributed by atoms with Gasteiger partial charge in [0.15, 0.2) is 6.61 Å². The fourth-order valence-corrected chi connectivity index (χ4v) is 2.38. The lowest BCUT2D eigenvalue weighted by molar-refractivity contribution is -0.146. The molecular weight excluding hydrogens is 368 g/mol. The maximum Gasteiger partial charge on any atom is 0.344 e. The van der Waals surface area contributed by atoms with E-state index >= 15 is 0 Å². The van der Waals surface area contributed by atoms with Gasteiger partial charge in [-0.25, -0.2) is 14.5 Å². The van der Waals surface area contributed by atoms with Crippen LogP contribution >= 0.6 is 0 Å². The van der Waals surface area contributed by atoms with Gasteiger partial charge in [0, 0.05) is 0 Å². The van der Waals surface area contributed by atoms with Gasteiger partial charge >= 0.3 is 18.0 Å². The number of urea groups is 1. The summed E-state index contributed by atoms with van der Waals surface area (Å²) in [6.07, 6.45) is 1.95. The first-order chi connectivity index (χ1) is 13.4. The van der Waals surface area contributed by atoms with Crippen molar-refractivity contribution < 1.29 is 33.4 Å². The molecule has 0 aliphatic carbocycles. The number of hydrogen-bond donors (Lipinski definition) is 1. The molecule has 0 aromatic heterocycles. The molecule has 28 heavy (non-hydrogen) atoms. The molecule has 1 aliphatic rings. The topological polar surface area (TPSA) is 111 Å². The van der Waals surface area contributed by atoms with Gasteiger partial charge in [0.25, 0.3) is 5.91 Å². The summed E-state index contributed by atoms with van der Waals surface area (Å²) < 4.78 is 14.8. The Balaban J connectivity index is 1.91. The number of allylic oxidation sites excluding steroid dienone is 1. The van der Waals surface area contributed by atoms with E-state index in [4.69, 9.17) is 14.2 Å². The zero-order chi connectivity index (χ0) is 20.5. The van der Waals surface area contributed by atoms with E-state index in [9.17, 15) is 19.2 Å². The maximum absolute atomic E-state index is 12.2. The van der Waals surface area contributed by atoms with Gasteiger partial charge in [-0.15, -0.1) is 0 Å². The minimum absolute atomic E-state index is 0.108. The molecule has 2 rings (SSSR count). The van der Waals surface area contributed by atoms with Gasteiger partial charge in [-0.1, -0.05) is 18.2 Å². The van der Waals surface area contributed by atoms with E-state index in [-0.39, 0.29) is 18.9 Å². The number of nitrogens with one attached hydrogen (secondary N) is 1. The highest BCUT2D eigenvalue weighted by Gasteiger charge is 2.35. The van der Waals surface area contributed by atoms with Crippen molar-refractivity contribution in [1.82, 2.24) is 10.2 Å². The first kappa shape index (κ1) is 20.9. The Bertz CT molecular complexity index is 771. The average Bonchev–Trinajstić information content (AvgIpc) is 2.93. The average molecular weight is 390 g/mol. The van der Waals surface area contributed by atoms with Gasteiger partial charge in [0.2, 0.25) is 0 Å². The maximum atomic E-state index is 12.2.